The number of hydrogen-bond donors (Lipinski definition) is 2. The standard InChI is InChI=1S/C15H25NO4/c1-11(17)14(16-2)9-10-15(19)20-13-6-4-3-5-12(18)7-8-13/h4,6,12-14,16,18H,3,5,7-10H2,1-2H3/b6-4+/t12-,13-,14-/m1/s1. The number of ether oxygens (including phenoxy) is 1. The summed E-state index contributed by atoms with van der Waals surface area (Å²) in [5.74, 6) is -0.273. The van der Waals surface area contributed by atoms with Gasteiger partial charge in [-0.3, -0.25) is 9.59 Å². The van der Waals surface area contributed by atoms with E-state index < -0.39 is 0 Å². The summed E-state index contributed by atoms with van der Waals surface area (Å²) in [5, 5.41) is 12.5. The van der Waals surface area contributed by atoms with Crippen LogP contribution in [-0.2, 0) is 14.3 Å². The van der Waals surface area contributed by atoms with E-state index in [0.29, 0.717) is 19.3 Å². The van der Waals surface area contributed by atoms with Crippen molar-refractivity contribution in [1.29, 1.82) is 0 Å². The van der Waals surface area contributed by atoms with Gasteiger partial charge >= 0.3 is 5.97 Å². The van der Waals surface area contributed by atoms with Gasteiger partial charge < -0.3 is 15.2 Å². The number of hydrogen-bond acceptors (Lipinski definition) is 5. The molecule has 0 bridgehead atoms. The number of esters is 1. The Morgan fingerprint density at radius 2 is 2.15 bits per heavy atom. The van der Waals surface area contributed by atoms with E-state index >= 15 is 0 Å². The number of rotatable bonds is 6. The van der Waals surface area contributed by atoms with E-state index in [2.05, 4.69) is 5.32 Å². The van der Waals surface area contributed by atoms with E-state index in [1.165, 1.54) is 6.92 Å². The van der Waals surface area contributed by atoms with Gasteiger partial charge in [0, 0.05) is 6.42 Å². The molecule has 0 aliphatic heterocycles. The van der Waals surface area contributed by atoms with Gasteiger partial charge in [0.2, 0.25) is 0 Å². The van der Waals surface area contributed by atoms with E-state index in [-0.39, 0.29) is 36.4 Å². The van der Waals surface area contributed by atoms with Gasteiger partial charge in [0.15, 0.2) is 0 Å². The molecule has 0 saturated heterocycles. The zero-order chi connectivity index (χ0) is 15.0. The van der Waals surface area contributed by atoms with Gasteiger partial charge in [-0.15, -0.1) is 0 Å². The summed E-state index contributed by atoms with van der Waals surface area (Å²) in [4.78, 5) is 23.0. The molecule has 114 valence electrons. The lowest BCUT2D eigenvalue weighted by molar-refractivity contribution is -0.147. The zero-order valence-electron chi connectivity index (χ0n) is 12.3. The molecule has 0 radical (unpaired) electrons. The van der Waals surface area contributed by atoms with Crippen molar-refractivity contribution in [3.63, 3.8) is 0 Å². The molecule has 0 fully saturated rings. The molecule has 5 nitrogen and oxygen atoms in total. The van der Waals surface area contributed by atoms with Crippen molar-refractivity contribution in [1.82, 2.24) is 5.32 Å². The molecule has 0 amide bonds. The maximum absolute atomic E-state index is 11.8. The second-order valence-corrected chi connectivity index (χ2v) is 5.26. The summed E-state index contributed by atoms with van der Waals surface area (Å²) in [6.07, 6.45) is 6.80. The van der Waals surface area contributed by atoms with Crippen molar-refractivity contribution >= 4 is 11.8 Å². The maximum atomic E-state index is 11.8. The SMILES string of the molecule is CN[C@H](CCC(=O)O[C@@H]1/C=C/CC[C@@H](O)CC1)C(C)=O. The summed E-state index contributed by atoms with van der Waals surface area (Å²) >= 11 is 0. The lowest BCUT2D eigenvalue weighted by Gasteiger charge is -2.19. The average molecular weight is 283 g/mol. The molecule has 0 aromatic heterocycles. The fourth-order valence-electron chi connectivity index (χ4n) is 2.27. The van der Waals surface area contributed by atoms with Crippen LogP contribution in [0.5, 0.6) is 0 Å². The van der Waals surface area contributed by atoms with Gasteiger partial charge in [-0.1, -0.05) is 6.08 Å². The first-order chi connectivity index (χ1) is 9.52. The van der Waals surface area contributed by atoms with Crippen LogP contribution in [-0.4, -0.2) is 42.2 Å². The normalized spacial score (nSPS) is 26.1. The number of allylic oxidation sites excluding steroid dienone is 1. The first-order valence-corrected chi connectivity index (χ1v) is 7.25. The fraction of sp³-hybridized carbons (Fsp3) is 0.733. The summed E-state index contributed by atoms with van der Waals surface area (Å²) in [5.41, 5.74) is 0. The molecule has 1 aliphatic carbocycles. The molecule has 0 unspecified atom stereocenters. The molecule has 3 atom stereocenters. The maximum Gasteiger partial charge on any atom is 0.306 e. The van der Waals surface area contributed by atoms with Crippen LogP contribution in [0.2, 0.25) is 0 Å². The van der Waals surface area contributed by atoms with Crippen LogP contribution >= 0.6 is 0 Å². The fourth-order valence-corrected chi connectivity index (χ4v) is 2.27. The molecule has 1 rings (SSSR count). The predicted molar refractivity (Wildman–Crippen MR) is 76.3 cm³/mol. The van der Waals surface area contributed by atoms with Crippen LogP contribution in [0.25, 0.3) is 0 Å². The molecular formula is C15H25NO4. The van der Waals surface area contributed by atoms with Gasteiger partial charge in [-0.25, -0.2) is 0 Å². The predicted octanol–water partition coefficient (Wildman–Crippen LogP) is 1.35. The minimum atomic E-state index is -0.312. The Labute approximate surface area is 120 Å². The van der Waals surface area contributed by atoms with E-state index in [4.69, 9.17) is 4.74 Å². The van der Waals surface area contributed by atoms with Gasteiger partial charge in [0.05, 0.1) is 12.1 Å². The Bertz CT molecular complexity index is 354. The second kappa shape index (κ2) is 8.87. The van der Waals surface area contributed by atoms with E-state index in [1.807, 2.05) is 12.2 Å². The molecule has 0 aromatic rings. The summed E-state index contributed by atoms with van der Waals surface area (Å²) in [7, 11) is 1.70. The molecule has 1 aliphatic rings. The largest absolute Gasteiger partial charge is 0.458 e. The highest BCUT2D eigenvalue weighted by molar-refractivity contribution is 5.82. The van der Waals surface area contributed by atoms with E-state index in [9.17, 15) is 14.7 Å². The Morgan fingerprint density at radius 1 is 1.40 bits per heavy atom. The van der Waals surface area contributed by atoms with Crippen LogP contribution in [0, 0.1) is 0 Å². The van der Waals surface area contributed by atoms with Crippen molar-refractivity contribution in [2.75, 3.05) is 7.05 Å². The minimum absolute atomic E-state index is 0.0225. The molecule has 0 saturated carbocycles. The monoisotopic (exact) mass is 283 g/mol. The third-order valence-electron chi connectivity index (χ3n) is 3.56. The second-order valence-electron chi connectivity index (χ2n) is 5.26. The van der Waals surface area contributed by atoms with Gasteiger partial charge in [-0.2, -0.15) is 0 Å². The average Bonchev–Trinajstić information content (AvgIpc) is 2.38. The number of ketones is 1. The molecule has 5 heteroatoms. The summed E-state index contributed by atoms with van der Waals surface area (Å²) in [6, 6.07) is -0.294. The number of carbonyl (C=O) groups is 2. The third kappa shape index (κ3) is 6.30. The molecule has 20 heavy (non-hydrogen) atoms. The first kappa shape index (κ1) is 16.9. The zero-order valence-corrected chi connectivity index (χ0v) is 12.3. The highest BCUT2D eigenvalue weighted by Gasteiger charge is 2.18. The van der Waals surface area contributed by atoms with Crippen molar-refractivity contribution in [2.45, 2.75) is 63.7 Å². The molecule has 2 N–H and O–H groups in total. The van der Waals surface area contributed by atoms with Crippen LogP contribution in [0.4, 0.5) is 0 Å². The van der Waals surface area contributed by atoms with Crippen molar-refractivity contribution in [2.24, 2.45) is 0 Å². The van der Waals surface area contributed by atoms with Gasteiger partial charge in [0.25, 0.3) is 0 Å². The molecular weight excluding hydrogens is 258 g/mol. The Balaban J connectivity index is 2.37. The lowest BCUT2D eigenvalue weighted by atomic mass is 10.0. The Morgan fingerprint density at radius 3 is 2.80 bits per heavy atom. The molecule has 0 heterocycles. The van der Waals surface area contributed by atoms with Crippen LogP contribution in [0.15, 0.2) is 12.2 Å². The summed E-state index contributed by atoms with van der Waals surface area (Å²) < 4.78 is 5.37. The van der Waals surface area contributed by atoms with Gasteiger partial charge in [-0.05, 0) is 52.2 Å². The van der Waals surface area contributed by atoms with Crippen molar-refractivity contribution in [3.05, 3.63) is 12.2 Å². The Kier molecular flexibility index (Phi) is 7.47. The number of aliphatic hydroxyl groups excluding tert-OH is 1. The van der Waals surface area contributed by atoms with Crippen LogP contribution < -0.4 is 5.32 Å². The lowest BCUT2D eigenvalue weighted by Crippen LogP contribution is -2.33. The quantitative estimate of drug-likeness (QED) is 0.568. The number of aliphatic hydroxyl groups is 1. The smallest absolute Gasteiger partial charge is 0.306 e. The first-order valence-electron chi connectivity index (χ1n) is 7.25. The Hall–Kier alpha value is -1.20. The highest BCUT2D eigenvalue weighted by atomic mass is 16.5. The number of Topliss-reactive ketones (excluding diaryl/α,β-unsaturated/α-hetero) is 1. The van der Waals surface area contributed by atoms with Crippen molar-refractivity contribution in [3.8, 4) is 0 Å². The van der Waals surface area contributed by atoms with E-state index in [0.717, 1.165) is 12.8 Å². The van der Waals surface area contributed by atoms with Crippen LogP contribution in [0.3, 0.4) is 0 Å². The molecule has 0 aromatic carbocycles. The van der Waals surface area contributed by atoms with Crippen LogP contribution in [0.1, 0.15) is 45.4 Å². The van der Waals surface area contributed by atoms with E-state index in [1.54, 1.807) is 7.05 Å². The number of carbonyl (C=O) groups excluding carboxylic acids is 2. The van der Waals surface area contributed by atoms with Crippen molar-refractivity contribution < 1.29 is 19.4 Å². The minimum Gasteiger partial charge on any atom is -0.458 e. The third-order valence-corrected chi connectivity index (χ3v) is 3.56. The van der Waals surface area contributed by atoms with Gasteiger partial charge in [0.1, 0.15) is 11.9 Å². The summed E-state index contributed by atoms with van der Waals surface area (Å²) in [6.45, 7) is 1.51. The highest BCUT2D eigenvalue weighted by Crippen LogP contribution is 2.16. The molecule has 0 spiro atoms. The topological polar surface area (TPSA) is 75.6 Å². The number of likely N-dealkylation sites (N-methyl/N-ethyl adjacent to an activating group) is 1. The number of nitrogens with one attached hydrogen (secondary N) is 1.